The number of anilines is 1. The van der Waals surface area contributed by atoms with Gasteiger partial charge in [0, 0.05) is 17.6 Å². The van der Waals surface area contributed by atoms with Crippen LogP contribution in [0.25, 0.3) is 0 Å². The topological polar surface area (TPSA) is 58.2 Å². The maximum atomic E-state index is 13.2. The number of fused-ring (bicyclic) bond motifs is 3. The van der Waals surface area contributed by atoms with Crippen molar-refractivity contribution >= 4 is 15.5 Å². The van der Waals surface area contributed by atoms with Crippen LogP contribution in [0.4, 0.5) is 10.1 Å². The van der Waals surface area contributed by atoms with Gasteiger partial charge in [-0.25, -0.2) is 12.8 Å². The molecule has 6 heteroatoms. The molecule has 2 N–H and O–H groups in total. The van der Waals surface area contributed by atoms with Crippen molar-refractivity contribution in [3.8, 4) is 0 Å². The van der Waals surface area contributed by atoms with E-state index < -0.39 is 15.7 Å². The first kappa shape index (κ1) is 17.5. The maximum Gasteiger partial charge on any atom is 0.206 e. The molecule has 4 nitrogen and oxygen atoms in total. The highest BCUT2D eigenvalue weighted by Crippen LogP contribution is 2.45. The van der Waals surface area contributed by atoms with E-state index in [2.05, 4.69) is 24.5 Å². The van der Waals surface area contributed by atoms with Crippen LogP contribution in [0.5, 0.6) is 0 Å². The minimum absolute atomic E-state index is 0.116. The van der Waals surface area contributed by atoms with Crippen LogP contribution in [0, 0.1) is 17.7 Å². The summed E-state index contributed by atoms with van der Waals surface area (Å²) < 4.78 is 39.1. The molecule has 0 spiro atoms. The fourth-order valence-corrected chi connectivity index (χ4v) is 5.57. The van der Waals surface area contributed by atoms with Crippen LogP contribution in [0.15, 0.2) is 52.3 Å². The van der Waals surface area contributed by atoms with Crippen LogP contribution in [0.1, 0.15) is 25.3 Å². The van der Waals surface area contributed by atoms with Crippen LogP contribution in [0.3, 0.4) is 0 Å². The van der Waals surface area contributed by atoms with Crippen LogP contribution in [-0.4, -0.2) is 27.5 Å². The smallest absolute Gasteiger partial charge is 0.206 e. The standard InChI is InChI=1S/C20H23FN2O2S/c1-12-10-22-11-13(2)20-19(12)17-9-16(7-8-18(17)23-20)26(24,25)15-5-3-14(21)4-6-15/h3-9,12-13,19-20,22-23H,10-11H2,1-2H3/t12?,13?,19-,20-/m1/s1. The molecule has 0 aliphatic carbocycles. The molecule has 138 valence electrons. The SMILES string of the molecule is CC1CNCC(C)[C@@H]2c3cc(S(=O)(=O)c4ccc(F)cc4)ccc3N[C@H]12. The molecule has 2 aromatic rings. The van der Waals surface area contributed by atoms with Gasteiger partial charge in [-0.05, 0) is 73.0 Å². The van der Waals surface area contributed by atoms with Crippen molar-refractivity contribution in [1.82, 2.24) is 5.32 Å². The lowest BCUT2D eigenvalue weighted by Gasteiger charge is -2.26. The summed E-state index contributed by atoms with van der Waals surface area (Å²) in [5, 5.41) is 7.09. The summed E-state index contributed by atoms with van der Waals surface area (Å²) in [6.45, 7) is 6.30. The van der Waals surface area contributed by atoms with Gasteiger partial charge in [-0.1, -0.05) is 13.8 Å². The van der Waals surface area contributed by atoms with E-state index in [-0.39, 0.29) is 15.7 Å². The Labute approximate surface area is 153 Å². The van der Waals surface area contributed by atoms with Crippen molar-refractivity contribution in [2.24, 2.45) is 11.8 Å². The quantitative estimate of drug-likeness (QED) is 0.791. The highest BCUT2D eigenvalue weighted by Gasteiger charge is 2.40. The minimum Gasteiger partial charge on any atom is -0.381 e. The Bertz CT molecular complexity index is 927. The first-order chi connectivity index (χ1) is 12.4. The van der Waals surface area contributed by atoms with Gasteiger partial charge in [0.05, 0.1) is 9.79 Å². The average molecular weight is 374 g/mol. The molecule has 2 aliphatic heterocycles. The Morgan fingerprint density at radius 3 is 2.35 bits per heavy atom. The Balaban J connectivity index is 1.77. The third-order valence-electron chi connectivity index (χ3n) is 5.68. The van der Waals surface area contributed by atoms with Gasteiger partial charge in [0.1, 0.15) is 5.82 Å². The Kier molecular flexibility index (Phi) is 4.28. The van der Waals surface area contributed by atoms with E-state index in [9.17, 15) is 12.8 Å². The molecular formula is C20H23FN2O2S. The monoisotopic (exact) mass is 374 g/mol. The van der Waals surface area contributed by atoms with Gasteiger partial charge in [-0.3, -0.25) is 0 Å². The van der Waals surface area contributed by atoms with Gasteiger partial charge in [0.2, 0.25) is 9.84 Å². The number of benzene rings is 2. The molecule has 2 heterocycles. The zero-order chi connectivity index (χ0) is 18.5. The van der Waals surface area contributed by atoms with Crippen molar-refractivity contribution in [3.63, 3.8) is 0 Å². The molecule has 4 atom stereocenters. The Morgan fingerprint density at radius 2 is 1.62 bits per heavy atom. The number of rotatable bonds is 2. The van der Waals surface area contributed by atoms with Gasteiger partial charge >= 0.3 is 0 Å². The molecular weight excluding hydrogens is 351 g/mol. The zero-order valence-corrected chi connectivity index (χ0v) is 15.7. The minimum atomic E-state index is -3.67. The number of hydrogen-bond donors (Lipinski definition) is 2. The summed E-state index contributed by atoms with van der Waals surface area (Å²) in [5.41, 5.74) is 2.10. The highest BCUT2D eigenvalue weighted by molar-refractivity contribution is 7.91. The summed E-state index contributed by atoms with van der Waals surface area (Å²) in [5.74, 6) is 0.689. The van der Waals surface area contributed by atoms with E-state index in [4.69, 9.17) is 0 Å². The van der Waals surface area contributed by atoms with E-state index in [1.807, 2.05) is 6.07 Å². The molecule has 0 aromatic heterocycles. The zero-order valence-electron chi connectivity index (χ0n) is 14.9. The van der Waals surface area contributed by atoms with Crippen LogP contribution in [0.2, 0.25) is 0 Å². The third kappa shape index (κ3) is 2.81. The molecule has 0 saturated carbocycles. The van der Waals surface area contributed by atoms with Crippen molar-refractivity contribution in [2.75, 3.05) is 18.4 Å². The number of halogens is 1. The molecule has 2 aliphatic rings. The Morgan fingerprint density at radius 1 is 0.962 bits per heavy atom. The van der Waals surface area contributed by atoms with E-state index in [0.29, 0.717) is 17.9 Å². The van der Waals surface area contributed by atoms with Gasteiger partial charge in [-0.15, -0.1) is 0 Å². The van der Waals surface area contributed by atoms with Gasteiger partial charge < -0.3 is 10.6 Å². The Hall–Kier alpha value is -1.92. The molecule has 2 unspecified atom stereocenters. The van der Waals surface area contributed by atoms with Crippen LogP contribution in [-0.2, 0) is 9.84 Å². The van der Waals surface area contributed by atoms with Crippen molar-refractivity contribution in [2.45, 2.75) is 35.6 Å². The van der Waals surface area contributed by atoms with E-state index in [1.165, 1.54) is 24.3 Å². The summed E-state index contributed by atoms with van der Waals surface area (Å²) >= 11 is 0. The molecule has 0 bridgehead atoms. The largest absolute Gasteiger partial charge is 0.381 e. The predicted octanol–water partition coefficient (Wildman–Crippen LogP) is 3.41. The lowest BCUT2D eigenvalue weighted by molar-refractivity contribution is 0.402. The van der Waals surface area contributed by atoms with E-state index in [1.54, 1.807) is 12.1 Å². The maximum absolute atomic E-state index is 13.2. The number of nitrogens with one attached hydrogen (secondary N) is 2. The molecule has 2 aromatic carbocycles. The van der Waals surface area contributed by atoms with Gasteiger partial charge in [0.25, 0.3) is 0 Å². The number of hydrogen-bond acceptors (Lipinski definition) is 4. The first-order valence-corrected chi connectivity index (χ1v) is 10.5. The van der Waals surface area contributed by atoms with Crippen molar-refractivity contribution < 1.29 is 12.8 Å². The molecule has 1 saturated heterocycles. The fourth-order valence-electron chi connectivity index (χ4n) is 4.28. The second-order valence-corrected chi connectivity index (χ2v) is 9.46. The summed E-state index contributed by atoms with van der Waals surface area (Å²) in [7, 11) is -3.67. The van der Waals surface area contributed by atoms with Crippen LogP contribution < -0.4 is 10.6 Å². The molecule has 1 fully saturated rings. The molecule has 0 radical (unpaired) electrons. The second-order valence-electron chi connectivity index (χ2n) is 7.52. The van der Waals surface area contributed by atoms with Gasteiger partial charge in [0.15, 0.2) is 0 Å². The van der Waals surface area contributed by atoms with E-state index >= 15 is 0 Å². The molecule has 4 rings (SSSR count). The predicted molar refractivity (Wildman–Crippen MR) is 99.6 cm³/mol. The average Bonchev–Trinajstić information content (AvgIpc) is 2.94. The lowest BCUT2D eigenvalue weighted by atomic mass is 9.81. The number of sulfone groups is 1. The second kappa shape index (κ2) is 6.35. The molecule has 0 amide bonds. The highest BCUT2D eigenvalue weighted by atomic mass is 32.2. The normalized spacial score (nSPS) is 28.0. The van der Waals surface area contributed by atoms with Crippen molar-refractivity contribution in [1.29, 1.82) is 0 Å². The van der Waals surface area contributed by atoms with Crippen molar-refractivity contribution in [3.05, 3.63) is 53.8 Å². The molecule has 26 heavy (non-hydrogen) atoms. The lowest BCUT2D eigenvalue weighted by Crippen LogP contribution is -2.32. The fraction of sp³-hybridized carbons (Fsp3) is 0.400. The van der Waals surface area contributed by atoms with Gasteiger partial charge in [-0.2, -0.15) is 0 Å². The third-order valence-corrected chi connectivity index (χ3v) is 7.45. The first-order valence-electron chi connectivity index (χ1n) is 9.00. The summed E-state index contributed by atoms with van der Waals surface area (Å²) in [4.78, 5) is 0.382. The van der Waals surface area contributed by atoms with E-state index in [0.717, 1.165) is 24.3 Å². The summed E-state index contributed by atoms with van der Waals surface area (Å²) in [6, 6.07) is 10.6. The summed E-state index contributed by atoms with van der Waals surface area (Å²) in [6.07, 6.45) is 0. The van der Waals surface area contributed by atoms with Crippen LogP contribution >= 0.6 is 0 Å².